The number of rotatable bonds is 4. The van der Waals surface area contributed by atoms with Crippen LogP contribution >= 0.6 is 0 Å². The van der Waals surface area contributed by atoms with Gasteiger partial charge < -0.3 is 4.74 Å². The zero-order chi connectivity index (χ0) is 12.8. The number of hydrogen-bond donors (Lipinski definition) is 1. The normalized spacial score (nSPS) is 10.4. The van der Waals surface area contributed by atoms with E-state index in [1.165, 1.54) is 6.20 Å². The predicted molar refractivity (Wildman–Crippen MR) is 71.2 cm³/mol. The minimum absolute atomic E-state index is 0.758. The van der Waals surface area contributed by atoms with E-state index in [1.54, 1.807) is 6.08 Å². The number of benzene rings is 2. The summed E-state index contributed by atoms with van der Waals surface area (Å²) < 4.78 is 6.42. The molecular weight excluding hydrogens is 226 g/mol. The fraction of sp³-hybridized carbons (Fsp3) is 0. The molecule has 0 spiro atoms. The van der Waals surface area contributed by atoms with Crippen LogP contribution in [0.15, 0.2) is 60.8 Å². The SMILES string of the molecule is C=[N+](O)/C=C/c1ccc(Oc2ccccc2)cc1. The highest BCUT2D eigenvalue weighted by Gasteiger charge is 1.96. The third-order valence-electron chi connectivity index (χ3n) is 2.30. The largest absolute Gasteiger partial charge is 0.457 e. The molecule has 0 aliphatic rings. The summed E-state index contributed by atoms with van der Waals surface area (Å²) in [5, 5.41) is 8.87. The van der Waals surface area contributed by atoms with E-state index in [2.05, 4.69) is 6.72 Å². The first-order chi connectivity index (χ1) is 8.74. The van der Waals surface area contributed by atoms with Crippen LogP contribution in [0, 0.1) is 0 Å². The van der Waals surface area contributed by atoms with Gasteiger partial charge in [0.05, 0.1) is 0 Å². The topological polar surface area (TPSA) is 32.5 Å². The first kappa shape index (κ1) is 11.9. The van der Waals surface area contributed by atoms with Crippen molar-refractivity contribution >= 4 is 12.8 Å². The van der Waals surface area contributed by atoms with Crippen LogP contribution < -0.4 is 4.74 Å². The summed E-state index contributed by atoms with van der Waals surface area (Å²) in [6.07, 6.45) is 3.21. The van der Waals surface area contributed by atoms with E-state index in [4.69, 9.17) is 9.94 Å². The molecule has 2 aromatic carbocycles. The Balaban J connectivity index is 2.06. The van der Waals surface area contributed by atoms with E-state index in [0.29, 0.717) is 0 Å². The molecule has 0 atom stereocenters. The van der Waals surface area contributed by atoms with Gasteiger partial charge in [0.15, 0.2) is 6.72 Å². The van der Waals surface area contributed by atoms with Gasteiger partial charge >= 0.3 is 0 Å². The number of nitrogens with zero attached hydrogens (tertiary/aromatic N) is 1. The molecule has 0 saturated heterocycles. The quantitative estimate of drug-likeness (QED) is 0.383. The van der Waals surface area contributed by atoms with Gasteiger partial charge in [0, 0.05) is 6.08 Å². The van der Waals surface area contributed by atoms with Gasteiger partial charge in [-0.15, -0.1) is 0 Å². The Bertz CT molecular complexity index is 544. The van der Waals surface area contributed by atoms with E-state index in [0.717, 1.165) is 21.8 Å². The van der Waals surface area contributed by atoms with Crippen LogP contribution in [0.1, 0.15) is 5.56 Å². The third-order valence-corrected chi connectivity index (χ3v) is 2.30. The molecule has 18 heavy (non-hydrogen) atoms. The summed E-state index contributed by atoms with van der Waals surface area (Å²) in [5.74, 6) is 1.58. The van der Waals surface area contributed by atoms with Gasteiger partial charge in [-0.3, -0.25) is 5.21 Å². The molecule has 0 saturated carbocycles. The summed E-state index contributed by atoms with van der Waals surface area (Å²) in [7, 11) is 0. The highest BCUT2D eigenvalue weighted by Crippen LogP contribution is 2.21. The third kappa shape index (κ3) is 3.49. The molecule has 0 aliphatic heterocycles. The van der Waals surface area contributed by atoms with Crippen molar-refractivity contribution in [2.24, 2.45) is 0 Å². The molecule has 3 heteroatoms. The van der Waals surface area contributed by atoms with Gasteiger partial charge in [-0.2, -0.15) is 0 Å². The molecule has 2 rings (SSSR count). The summed E-state index contributed by atoms with van der Waals surface area (Å²) in [4.78, 5) is 0. The lowest BCUT2D eigenvalue weighted by Crippen LogP contribution is -1.89. The zero-order valence-corrected chi connectivity index (χ0v) is 9.86. The minimum atomic E-state index is 0.758. The van der Waals surface area contributed by atoms with Crippen LogP contribution in [0.2, 0.25) is 0 Å². The van der Waals surface area contributed by atoms with Crippen LogP contribution in [-0.2, 0) is 0 Å². The Morgan fingerprint density at radius 2 is 1.56 bits per heavy atom. The number of ether oxygens (including phenoxy) is 1. The van der Waals surface area contributed by atoms with Gasteiger partial charge in [0.25, 0.3) is 0 Å². The van der Waals surface area contributed by atoms with Crippen molar-refractivity contribution in [3.05, 3.63) is 66.4 Å². The lowest BCUT2D eigenvalue weighted by molar-refractivity contribution is -0.718. The maximum atomic E-state index is 8.87. The maximum Gasteiger partial charge on any atom is 0.222 e. The average Bonchev–Trinajstić information content (AvgIpc) is 2.39. The molecule has 0 unspecified atom stereocenters. The van der Waals surface area contributed by atoms with Crippen molar-refractivity contribution in [1.82, 2.24) is 0 Å². The molecule has 90 valence electrons. The van der Waals surface area contributed by atoms with Crippen LogP contribution in [0.5, 0.6) is 11.5 Å². The van der Waals surface area contributed by atoms with E-state index in [9.17, 15) is 0 Å². The number of para-hydroxylation sites is 1. The molecule has 0 heterocycles. The van der Waals surface area contributed by atoms with Crippen LogP contribution in [-0.4, -0.2) is 16.7 Å². The van der Waals surface area contributed by atoms with Gasteiger partial charge in [0.2, 0.25) is 6.20 Å². The number of hydrogen-bond acceptors (Lipinski definition) is 2. The fourth-order valence-corrected chi connectivity index (χ4v) is 1.44. The molecule has 2 aromatic rings. The number of hydroxylamine groups is 1. The van der Waals surface area contributed by atoms with Crippen molar-refractivity contribution in [3.63, 3.8) is 0 Å². The molecular formula is C15H14NO2+. The smallest absolute Gasteiger partial charge is 0.222 e. The summed E-state index contributed by atoms with van der Waals surface area (Å²) in [6, 6.07) is 17.2. The van der Waals surface area contributed by atoms with Gasteiger partial charge in [-0.1, -0.05) is 30.3 Å². The van der Waals surface area contributed by atoms with Crippen LogP contribution in [0.25, 0.3) is 6.08 Å². The average molecular weight is 240 g/mol. The highest BCUT2D eigenvalue weighted by atomic mass is 16.5. The lowest BCUT2D eigenvalue weighted by Gasteiger charge is -2.04. The Morgan fingerprint density at radius 3 is 2.17 bits per heavy atom. The van der Waals surface area contributed by atoms with Crippen molar-refractivity contribution in [1.29, 1.82) is 0 Å². The maximum absolute atomic E-state index is 8.87. The van der Waals surface area contributed by atoms with E-state index in [-0.39, 0.29) is 0 Å². The Hall–Kier alpha value is -2.55. The van der Waals surface area contributed by atoms with Crippen molar-refractivity contribution in [2.75, 3.05) is 0 Å². The minimum Gasteiger partial charge on any atom is -0.457 e. The van der Waals surface area contributed by atoms with Crippen LogP contribution in [0.4, 0.5) is 0 Å². The standard InChI is InChI=1S/C15H14NO2/c1-16(17)12-11-13-7-9-15(10-8-13)18-14-5-3-2-4-6-14/h2-12,17H,1H2/q+1/b12-11+. The fourth-order valence-electron chi connectivity index (χ4n) is 1.44. The lowest BCUT2D eigenvalue weighted by atomic mass is 10.2. The predicted octanol–water partition coefficient (Wildman–Crippen LogP) is 3.55. The first-order valence-corrected chi connectivity index (χ1v) is 5.54. The Kier molecular flexibility index (Phi) is 3.76. The van der Waals surface area contributed by atoms with E-state index in [1.807, 2.05) is 54.6 Å². The van der Waals surface area contributed by atoms with Gasteiger partial charge in [-0.05, 0) is 34.6 Å². The molecule has 0 radical (unpaired) electrons. The summed E-state index contributed by atoms with van der Waals surface area (Å²) in [6.45, 7) is 3.30. The molecule has 0 aromatic heterocycles. The Labute approximate surface area is 106 Å². The molecule has 0 aliphatic carbocycles. The van der Waals surface area contributed by atoms with Crippen molar-refractivity contribution in [2.45, 2.75) is 0 Å². The second-order valence-corrected chi connectivity index (χ2v) is 3.74. The van der Waals surface area contributed by atoms with E-state index < -0.39 is 0 Å². The monoisotopic (exact) mass is 240 g/mol. The first-order valence-electron chi connectivity index (χ1n) is 5.54. The molecule has 0 bridgehead atoms. The van der Waals surface area contributed by atoms with Gasteiger partial charge in [0.1, 0.15) is 11.5 Å². The summed E-state index contributed by atoms with van der Waals surface area (Å²) in [5.41, 5.74) is 0.957. The molecule has 1 N–H and O–H groups in total. The second kappa shape index (κ2) is 5.68. The van der Waals surface area contributed by atoms with Crippen molar-refractivity contribution < 1.29 is 14.7 Å². The molecule has 3 nitrogen and oxygen atoms in total. The zero-order valence-electron chi connectivity index (χ0n) is 9.86. The molecule has 0 fully saturated rings. The van der Waals surface area contributed by atoms with Crippen LogP contribution in [0.3, 0.4) is 0 Å². The Morgan fingerprint density at radius 1 is 0.944 bits per heavy atom. The van der Waals surface area contributed by atoms with Crippen molar-refractivity contribution in [3.8, 4) is 11.5 Å². The highest BCUT2D eigenvalue weighted by molar-refractivity contribution is 5.50. The molecule has 0 amide bonds. The summed E-state index contributed by atoms with van der Waals surface area (Å²) >= 11 is 0. The van der Waals surface area contributed by atoms with E-state index >= 15 is 0 Å². The van der Waals surface area contributed by atoms with Gasteiger partial charge in [-0.25, -0.2) is 0 Å². The second-order valence-electron chi connectivity index (χ2n) is 3.74.